The molecule has 1 aromatic carbocycles. The number of benzene rings is 1. The molecule has 2 aromatic rings. The lowest BCUT2D eigenvalue weighted by Crippen LogP contribution is -2.29. The molecular weight excluding hydrogens is 282 g/mol. The predicted molar refractivity (Wildman–Crippen MR) is 77.4 cm³/mol. The zero-order valence-corrected chi connectivity index (χ0v) is 12.0. The van der Waals surface area contributed by atoms with Crippen LogP contribution < -0.4 is 5.32 Å². The topological polar surface area (TPSA) is 38.3 Å². The van der Waals surface area contributed by atoms with Gasteiger partial charge in [-0.15, -0.1) is 11.3 Å². The van der Waals surface area contributed by atoms with Crippen molar-refractivity contribution in [1.82, 2.24) is 5.32 Å². The van der Waals surface area contributed by atoms with Gasteiger partial charge in [0.05, 0.1) is 12.1 Å². The molecule has 0 bridgehead atoms. The highest BCUT2D eigenvalue weighted by molar-refractivity contribution is 7.10. The fourth-order valence-corrected chi connectivity index (χ4v) is 2.77. The number of methoxy groups -OCH3 is 1. The maximum atomic E-state index is 11.8. The van der Waals surface area contributed by atoms with Crippen molar-refractivity contribution in [3.8, 4) is 0 Å². The van der Waals surface area contributed by atoms with Crippen LogP contribution in [0.3, 0.4) is 0 Å². The Balaban J connectivity index is 2.09. The quantitative estimate of drug-likeness (QED) is 0.859. The number of thiophene rings is 1. The molecule has 0 spiro atoms. The van der Waals surface area contributed by atoms with Gasteiger partial charge in [0.15, 0.2) is 0 Å². The van der Waals surface area contributed by atoms with Crippen LogP contribution in [-0.2, 0) is 16.1 Å². The Morgan fingerprint density at radius 2 is 2.16 bits per heavy atom. The third-order valence-corrected chi connectivity index (χ3v) is 3.96. The smallest absolute Gasteiger partial charge is 0.327 e. The van der Waals surface area contributed by atoms with Crippen molar-refractivity contribution < 1.29 is 9.53 Å². The van der Waals surface area contributed by atoms with Gasteiger partial charge in [-0.05, 0) is 11.6 Å². The Morgan fingerprint density at radius 1 is 1.42 bits per heavy atom. The van der Waals surface area contributed by atoms with Crippen molar-refractivity contribution in [3.05, 3.63) is 57.2 Å². The van der Waals surface area contributed by atoms with Gasteiger partial charge in [0, 0.05) is 16.8 Å². The van der Waals surface area contributed by atoms with E-state index >= 15 is 0 Å². The molecule has 1 heterocycles. The van der Waals surface area contributed by atoms with Gasteiger partial charge in [-0.3, -0.25) is 5.32 Å². The van der Waals surface area contributed by atoms with Crippen molar-refractivity contribution in [2.75, 3.05) is 7.11 Å². The first-order valence-corrected chi connectivity index (χ1v) is 7.05. The van der Waals surface area contributed by atoms with Crippen LogP contribution in [0.1, 0.15) is 16.5 Å². The molecule has 19 heavy (non-hydrogen) atoms. The molecule has 0 amide bonds. The molecule has 3 nitrogen and oxygen atoms in total. The highest BCUT2D eigenvalue weighted by atomic mass is 35.5. The van der Waals surface area contributed by atoms with E-state index in [2.05, 4.69) is 5.32 Å². The summed E-state index contributed by atoms with van der Waals surface area (Å²) in [6.45, 7) is 0.575. The summed E-state index contributed by atoms with van der Waals surface area (Å²) >= 11 is 7.43. The van der Waals surface area contributed by atoms with Crippen LogP contribution in [0.4, 0.5) is 0 Å². The van der Waals surface area contributed by atoms with E-state index in [9.17, 15) is 4.79 Å². The molecular formula is C14H14ClNO2S. The minimum Gasteiger partial charge on any atom is -0.468 e. The van der Waals surface area contributed by atoms with E-state index < -0.39 is 6.04 Å². The number of rotatable bonds is 5. The van der Waals surface area contributed by atoms with E-state index in [0.717, 1.165) is 15.5 Å². The van der Waals surface area contributed by atoms with Gasteiger partial charge in [-0.25, -0.2) is 4.79 Å². The summed E-state index contributed by atoms with van der Waals surface area (Å²) in [5.41, 5.74) is 0.886. The van der Waals surface area contributed by atoms with Crippen LogP contribution in [0.5, 0.6) is 0 Å². The summed E-state index contributed by atoms with van der Waals surface area (Å²) in [6, 6.07) is 10.9. The SMILES string of the molecule is COC(=O)[C@@H](NCc1cc(Cl)cs1)c1ccccc1. The van der Waals surface area contributed by atoms with Gasteiger partial charge in [0.25, 0.3) is 0 Å². The van der Waals surface area contributed by atoms with Gasteiger partial charge in [0.1, 0.15) is 6.04 Å². The first-order chi connectivity index (χ1) is 9.20. The molecule has 5 heteroatoms. The zero-order chi connectivity index (χ0) is 13.7. The lowest BCUT2D eigenvalue weighted by Gasteiger charge is -2.16. The maximum absolute atomic E-state index is 11.8. The molecule has 0 aliphatic carbocycles. The van der Waals surface area contributed by atoms with Crippen LogP contribution in [0, 0.1) is 0 Å². The van der Waals surface area contributed by atoms with E-state index in [1.54, 1.807) is 11.3 Å². The molecule has 2 rings (SSSR count). The van der Waals surface area contributed by atoms with Crippen LogP contribution in [-0.4, -0.2) is 13.1 Å². The normalized spacial score (nSPS) is 12.1. The lowest BCUT2D eigenvalue weighted by molar-refractivity contribution is -0.143. The molecule has 0 fully saturated rings. The number of ether oxygens (including phenoxy) is 1. The van der Waals surface area contributed by atoms with E-state index in [-0.39, 0.29) is 5.97 Å². The number of esters is 1. The molecule has 0 aliphatic rings. The predicted octanol–water partition coefficient (Wildman–Crippen LogP) is 3.41. The summed E-state index contributed by atoms with van der Waals surface area (Å²) in [5, 5.41) is 5.78. The lowest BCUT2D eigenvalue weighted by atomic mass is 10.1. The summed E-state index contributed by atoms with van der Waals surface area (Å²) < 4.78 is 4.84. The van der Waals surface area contributed by atoms with Gasteiger partial charge in [0.2, 0.25) is 0 Å². The Kier molecular flexibility index (Phi) is 4.96. The fourth-order valence-electron chi connectivity index (χ4n) is 1.75. The van der Waals surface area contributed by atoms with Crippen molar-refractivity contribution in [3.63, 3.8) is 0 Å². The fraction of sp³-hybridized carbons (Fsp3) is 0.214. The second-order valence-electron chi connectivity index (χ2n) is 3.98. The average Bonchev–Trinajstić information content (AvgIpc) is 2.85. The number of hydrogen-bond donors (Lipinski definition) is 1. The second kappa shape index (κ2) is 6.70. The molecule has 1 atom stereocenters. The Hall–Kier alpha value is -1.36. The minimum atomic E-state index is -0.466. The van der Waals surface area contributed by atoms with Gasteiger partial charge in [-0.1, -0.05) is 41.9 Å². The first-order valence-electron chi connectivity index (χ1n) is 5.80. The van der Waals surface area contributed by atoms with Gasteiger partial charge >= 0.3 is 5.97 Å². The number of hydrogen-bond acceptors (Lipinski definition) is 4. The summed E-state index contributed by atoms with van der Waals surface area (Å²) in [7, 11) is 1.39. The summed E-state index contributed by atoms with van der Waals surface area (Å²) in [4.78, 5) is 12.9. The van der Waals surface area contributed by atoms with Gasteiger partial charge < -0.3 is 4.74 Å². The van der Waals surface area contributed by atoms with Crippen LogP contribution >= 0.6 is 22.9 Å². The molecule has 0 saturated heterocycles. The Bertz CT molecular complexity index is 541. The van der Waals surface area contributed by atoms with Crippen molar-refractivity contribution in [2.24, 2.45) is 0 Å². The van der Waals surface area contributed by atoms with Crippen LogP contribution in [0.25, 0.3) is 0 Å². The molecule has 0 unspecified atom stereocenters. The highest BCUT2D eigenvalue weighted by Gasteiger charge is 2.20. The van der Waals surface area contributed by atoms with Crippen LogP contribution in [0.2, 0.25) is 5.02 Å². The number of halogens is 1. The van der Waals surface area contributed by atoms with Crippen molar-refractivity contribution in [1.29, 1.82) is 0 Å². The Morgan fingerprint density at radius 3 is 2.74 bits per heavy atom. The van der Waals surface area contributed by atoms with E-state index in [0.29, 0.717) is 6.54 Å². The maximum Gasteiger partial charge on any atom is 0.327 e. The largest absolute Gasteiger partial charge is 0.468 e. The average molecular weight is 296 g/mol. The highest BCUT2D eigenvalue weighted by Crippen LogP contribution is 2.21. The third kappa shape index (κ3) is 3.80. The van der Waals surface area contributed by atoms with E-state index in [1.165, 1.54) is 7.11 Å². The standard InChI is InChI=1S/C14H14ClNO2S/c1-18-14(17)13(10-5-3-2-4-6-10)16-8-12-7-11(15)9-19-12/h2-7,9,13,16H,8H2,1H3/t13-/m0/s1. The minimum absolute atomic E-state index is 0.297. The molecule has 1 N–H and O–H groups in total. The Labute approximate surface area is 121 Å². The number of carbonyl (C=O) groups is 1. The molecule has 0 aliphatic heterocycles. The molecule has 0 saturated carbocycles. The molecule has 1 aromatic heterocycles. The number of nitrogens with one attached hydrogen (secondary N) is 1. The van der Waals surface area contributed by atoms with E-state index in [1.807, 2.05) is 41.8 Å². The van der Waals surface area contributed by atoms with E-state index in [4.69, 9.17) is 16.3 Å². The number of carbonyl (C=O) groups excluding carboxylic acids is 1. The van der Waals surface area contributed by atoms with Gasteiger partial charge in [-0.2, -0.15) is 0 Å². The molecule has 100 valence electrons. The van der Waals surface area contributed by atoms with Crippen molar-refractivity contribution in [2.45, 2.75) is 12.6 Å². The van der Waals surface area contributed by atoms with Crippen molar-refractivity contribution >= 4 is 28.9 Å². The second-order valence-corrected chi connectivity index (χ2v) is 5.41. The first kappa shape index (κ1) is 14.1. The summed E-state index contributed by atoms with van der Waals surface area (Å²) in [6.07, 6.45) is 0. The zero-order valence-electron chi connectivity index (χ0n) is 10.4. The molecule has 0 radical (unpaired) electrons. The van der Waals surface area contributed by atoms with Crippen LogP contribution in [0.15, 0.2) is 41.8 Å². The third-order valence-electron chi connectivity index (χ3n) is 2.67. The monoisotopic (exact) mass is 295 g/mol. The summed E-state index contributed by atoms with van der Waals surface area (Å²) in [5.74, 6) is -0.297.